The first kappa shape index (κ1) is 21.2. The first-order chi connectivity index (χ1) is 13.9. The van der Waals surface area contributed by atoms with Crippen LogP contribution < -0.4 is 10.1 Å². The second-order valence-corrected chi connectivity index (χ2v) is 8.85. The molecule has 0 bridgehead atoms. The highest BCUT2D eigenvalue weighted by atomic mass is 79.9. The van der Waals surface area contributed by atoms with Crippen LogP contribution in [0.3, 0.4) is 0 Å². The molecule has 148 valence electrons. The van der Waals surface area contributed by atoms with Crippen molar-refractivity contribution in [3.8, 4) is 11.8 Å². The fourth-order valence-electron chi connectivity index (χ4n) is 2.16. The number of nitrogens with one attached hydrogen (secondary N) is 1. The van der Waals surface area contributed by atoms with Crippen LogP contribution in [0.4, 0.5) is 9.52 Å². The molecule has 10 heteroatoms. The van der Waals surface area contributed by atoms with Gasteiger partial charge in [-0.15, -0.1) is 10.2 Å². The maximum Gasteiger partial charge on any atom is 0.266 e. The number of rotatable bonds is 7. The molecule has 0 aliphatic heterocycles. The fourth-order valence-corrected chi connectivity index (χ4v) is 4.32. The van der Waals surface area contributed by atoms with E-state index in [0.717, 1.165) is 5.56 Å². The van der Waals surface area contributed by atoms with Crippen LogP contribution in [0.25, 0.3) is 0 Å². The maximum atomic E-state index is 13.1. The molecule has 3 rings (SSSR count). The quantitative estimate of drug-likeness (QED) is 0.368. The Morgan fingerprint density at radius 2 is 2.10 bits per heavy atom. The number of anilines is 1. The molecular formula is C19H14BrFN4O2S2. The third-order valence-electron chi connectivity index (χ3n) is 3.65. The van der Waals surface area contributed by atoms with Crippen molar-refractivity contribution in [1.29, 1.82) is 5.26 Å². The molecule has 1 N–H and O–H groups in total. The van der Waals surface area contributed by atoms with Gasteiger partial charge in [-0.3, -0.25) is 10.1 Å². The van der Waals surface area contributed by atoms with E-state index in [4.69, 9.17) is 10.00 Å². The molecule has 1 aromatic heterocycles. The van der Waals surface area contributed by atoms with Crippen molar-refractivity contribution in [1.82, 2.24) is 10.2 Å². The first-order valence-corrected chi connectivity index (χ1v) is 10.9. The van der Waals surface area contributed by atoms with E-state index < -0.39 is 11.9 Å². The molecule has 0 saturated carbocycles. The summed E-state index contributed by atoms with van der Waals surface area (Å²) >= 11 is 5.95. The molecule has 0 aliphatic carbocycles. The summed E-state index contributed by atoms with van der Waals surface area (Å²) in [5, 5.41) is 19.9. The smallest absolute Gasteiger partial charge is 0.266 e. The van der Waals surface area contributed by atoms with E-state index in [1.165, 1.54) is 41.3 Å². The lowest BCUT2D eigenvalue weighted by Gasteiger charge is -2.14. The Balaban J connectivity index is 1.53. The zero-order valence-corrected chi connectivity index (χ0v) is 18.3. The molecule has 0 saturated heterocycles. The Bertz CT molecular complexity index is 1050. The molecular weight excluding hydrogens is 479 g/mol. The van der Waals surface area contributed by atoms with Gasteiger partial charge in [0.1, 0.15) is 11.6 Å². The van der Waals surface area contributed by atoms with E-state index >= 15 is 0 Å². The Labute approximate surface area is 183 Å². The van der Waals surface area contributed by atoms with Crippen LogP contribution in [0, 0.1) is 17.1 Å². The maximum absolute atomic E-state index is 13.1. The Hall–Kier alpha value is -2.48. The zero-order valence-electron chi connectivity index (χ0n) is 15.1. The lowest BCUT2D eigenvalue weighted by molar-refractivity contribution is -0.122. The van der Waals surface area contributed by atoms with Gasteiger partial charge in [-0.25, -0.2) is 4.39 Å². The van der Waals surface area contributed by atoms with Gasteiger partial charge in [0.05, 0.1) is 16.1 Å². The van der Waals surface area contributed by atoms with Gasteiger partial charge in [0.25, 0.3) is 5.91 Å². The average molecular weight is 493 g/mol. The number of nitriles is 1. The van der Waals surface area contributed by atoms with E-state index in [1.807, 2.05) is 12.1 Å². The minimum atomic E-state index is -0.810. The number of carbonyl (C=O) groups excluding carboxylic acids is 1. The molecule has 2 aromatic carbocycles. The van der Waals surface area contributed by atoms with E-state index in [0.29, 0.717) is 31.0 Å². The molecule has 1 amide bonds. The number of thioether (sulfide) groups is 1. The van der Waals surface area contributed by atoms with Crippen LogP contribution in [0.5, 0.6) is 5.75 Å². The standard InChI is InChI=1S/C19H14BrFN4O2S2/c1-11(27-16-7-6-14(21)8-15(16)20)17(26)23-18-24-25-19(29-18)28-10-13-4-2-12(9-22)3-5-13/h2-8,11H,10H2,1H3,(H,23,24,26). The molecule has 1 atom stereocenters. The molecule has 1 unspecified atom stereocenters. The highest BCUT2D eigenvalue weighted by Crippen LogP contribution is 2.29. The van der Waals surface area contributed by atoms with Crippen LogP contribution in [-0.2, 0) is 10.5 Å². The van der Waals surface area contributed by atoms with E-state index in [2.05, 4.69) is 37.5 Å². The minimum absolute atomic E-state index is 0.366. The monoisotopic (exact) mass is 492 g/mol. The molecule has 29 heavy (non-hydrogen) atoms. The number of hydrogen-bond donors (Lipinski definition) is 1. The van der Waals surface area contributed by atoms with Gasteiger partial charge < -0.3 is 4.74 Å². The van der Waals surface area contributed by atoms with Crippen LogP contribution in [0.15, 0.2) is 51.3 Å². The largest absolute Gasteiger partial charge is 0.480 e. The van der Waals surface area contributed by atoms with Crippen molar-refractivity contribution in [2.75, 3.05) is 5.32 Å². The molecule has 0 fully saturated rings. The highest BCUT2D eigenvalue weighted by Gasteiger charge is 2.18. The van der Waals surface area contributed by atoms with Gasteiger partial charge in [-0.1, -0.05) is 35.2 Å². The third-order valence-corrected chi connectivity index (χ3v) is 6.31. The normalized spacial score (nSPS) is 11.5. The first-order valence-electron chi connectivity index (χ1n) is 8.32. The van der Waals surface area contributed by atoms with Gasteiger partial charge in [-0.05, 0) is 58.7 Å². The number of halogens is 2. The summed E-state index contributed by atoms with van der Waals surface area (Å²) in [7, 11) is 0. The SMILES string of the molecule is CC(Oc1ccc(F)cc1Br)C(=O)Nc1nnc(SCc2ccc(C#N)cc2)s1. The number of hydrogen-bond acceptors (Lipinski definition) is 7. The second-order valence-electron chi connectivity index (χ2n) is 5.79. The van der Waals surface area contributed by atoms with Crippen LogP contribution in [0.1, 0.15) is 18.1 Å². The van der Waals surface area contributed by atoms with Gasteiger partial charge >= 0.3 is 0 Å². The second kappa shape index (κ2) is 9.82. The molecule has 0 aliphatic rings. The van der Waals surface area contributed by atoms with Crippen LogP contribution >= 0.6 is 39.0 Å². The molecule has 0 spiro atoms. The van der Waals surface area contributed by atoms with Gasteiger partial charge in [-0.2, -0.15) is 5.26 Å². The summed E-state index contributed by atoms with van der Waals surface area (Å²) in [5.74, 6) is 0.249. The topological polar surface area (TPSA) is 87.9 Å². The van der Waals surface area contributed by atoms with Crippen molar-refractivity contribution < 1.29 is 13.9 Å². The number of carbonyl (C=O) groups is 1. The number of ether oxygens (including phenoxy) is 1. The van der Waals surface area contributed by atoms with Crippen molar-refractivity contribution in [2.24, 2.45) is 0 Å². The van der Waals surface area contributed by atoms with E-state index in [9.17, 15) is 9.18 Å². The molecule has 0 radical (unpaired) electrons. The summed E-state index contributed by atoms with van der Waals surface area (Å²) < 4.78 is 19.8. The fraction of sp³-hybridized carbons (Fsp3) is 0.158. The summed E-state index contributed by atoms with van der Waals surface area (Å²) in [6, 6.07) is 13.4. The minimum Gasteiger partial charge on any atom is -0.480 e. The summed E-state index contributed by atoms with van der Waals surface area (Å²) in [5.41, 5.74) is 1.67. The van der Waals surface area contributed by atoms with Gasteiger partial charge in [0.2, 0.25) is 5.13 Å². The number of aromatic nitrogens is 2. The molecule has 1 heterocycles. The van der Waals surface area contributed by atoms with E-state index in [1.54, 1.807) is 19.1 Å². The average Bonchev–Trinajstić information content (AvgIpc) is 3.16. The zero-order chi connectivity index (χ0) is 20.8. The Kier molecular flexibility index (Phi) is 7.19. The molecule has 6 nitrogen and oxygen atoms in total. The number of amides is 1. The number of nitrogens with zero attached hydrogens (tertiary/aromatic N) is 3. The Morgan fingerprint density at radius 1 is 1.34 bits per heavy atom. The predicted octanol–water partition coefficient (Wildman–Crippen LogP) is 5.01. The third kappa shape index (κ3) is 6.00. The lowest BCUT2D eigenvalue weighted by atomic mass is 10.2. The Morgan fingerprint density at radius 3 is 2.79 bits per heavy atom. The highest BCUT2D eigenvalue weighted by molar-refractivity contribution is 9.10. The summed E-state index contributed by atoms with van der Waals surface area (Å²) in [6.07, 6.45) is -0.810. The van der Waals surface area contributed by atoms with Crippen molar-refractivity contribution in [3.05, 3.63) is 63.9 Å². The summed E-state index contributed by atoms with van der Waals surface area (Å²) in [6.45, 7) is 1.59. The summed E-state index contributed by atoms with van der Waals surface area (Å²) in [4.78, 5) is 12.3. The number of benzene rings is 2. The lowest BCUT2D eigenvalue weighted by Crippen LogP contribution is -2.30. The predicted molar refractivity (Wildman–Crippen MR) is 113 cm³/mol. The van der Waals surface area contributed by atoms with Gasteiger partial charge in [0.15, 0.2) is 10.4 Å². The van der Waals surface area contributed by atoms with Crippen molar-refractivity contribution >= 4 is 50.1 Å². The van der Waals surface area contributed by atoms with Gasteiger partial charge in [0, 0.05) is 5.75 Å². The van der Waals surface area contributed by atoms with Crippen LogP contribution in [0.2, 0.25) is 0 Å². The molecule has 3 aromatic rings. The van der Waals surface area contributed by atoms with Crippen molar-refractivity contribution in [2.45, 2.75) is 23.1 Å². The van der Waals surface area contributed by atoms with Crippen molar-refractivity contribution in [3.63, 3.8) is 0 Å². The van der Waals surface area contributed by atoms with E-state index in [-0.39, 0.29) is 5.91 Å². The van der Waals surface area contributed by atoms with Crippen LogP contribution in [-0.4, -0.2) is 22.2 Å².